The Morgan fingerprint density at radius 3 is 2.80 bits per heavy atom. The first kappa shape index (κ1) is 12.4. The van der Waals surface area contributed by atoms with E-state index in [2.05, 4.69) is 25.4 Å². The van der Waals surface area contributed by atoms with Crippen LogP contribution >= 0.6 is 11.6 Å². The SMILES string of the molecule is Nc1nc(Nc2cccc(Cl)c2)nc(-n2cccn2)n1. The van der Waals surface area contributed by atoms with Crippen LogP contribution < -0.4 is 11.1 Å². The van der Waals surface area contributed by atoms with Gasteiger partial charge in [0.05, 0.1) is 0 Å². The van der Waals surface area contributed by atoms with Gasteiger partial charge < -0.3 is 11.1 Å². The first-order chi connectivity index (χ1) is 9.70. The van der Waals surface area contributed by atoms with E-state index < -0.39 is 0 Å². The van der Waals surface area contributed by atoms with E-state index in [4.69, 9.17) is 17.3 Å². The normalized spacial score (nSPS) is 10.4. The zero-order valence-electron chi connectivity index (χ0n) is 10.2. The molecule has 0 aliphatic rings. The van der Waals surface area contributed by atoms with E-state index in [-0.39, 0.29) is 5.95 Å². The predicted molar refractivity (Wildman–Crippen MR) is 76.1 cm³/mol. The summed E-state index contributed by atoms with van der Waals surface area (Å²) in [6.45, 7) is 0. The molecule has 1 aromatic carbocycles. The highest BCUT2D eigenvalue weighted by molar-refractivity contribution is 6.30. The van der Waals surface area contributed by atoms with Crippen molar-refractivity contribution in [3.8, 4) is 5.95 Å². The van der Waals surface area contributed by atoms with E-state index in [1.807, 2.05) is 12.1 Å². The van der Waals surface area contributed by atoms with Crippen LogP contribution in [0.2, 0.25) is 5.02 Å². The van der Waals surface area contributed by atoms with Crippen LogP contribution in [0.25, 0.3) is 5.95 Å². The van der Waals surface area contributed by atoms with Gasteiger partial charge in [0.25, 0.3) is 5.95 Å². The molecule has 0 amide bonds. The van der Waals surface area contributed by atoms with Gasteiger partial charge in [-0.25, -0.2) is 4.68 Å². The highest BCUT2D eigenvalue weighted by Crippen LogP contribution is 2.18. The summed E-state index contributed by atoms with van der Waals surface area (Å²) in [7, 11) is 0. The van der Waals surface area contributed by atoms with E-state index >= 15 is 0 Å². The number of aromatic nitrogens is 5. The molecule has 0 unspecified atom stereocenters. The Morgan fingerprint density at radius 1 is 1.15 bits per heavy atom. The average molecular weight is 288 g/mol. The molecule has 20 heavy (non-hydrogen) atoms. The number of nitrogens with zero attached hydrogens (tertiary/aromatic N) is 5. The number of hydrogen-bond donors (Lipinski definition) is 2. The lowest BCUT2D eigenvalue weighted by Gasteiger charge is -2.07. The molecule has 0 saturated heterocycles. The minimum atomic E-state index is 0.107. The number of nitrogens with two attached hydrogens (primary N) is 1. The molecule has 3 aromatic rings. The highest BCUT2D eigenvalue weighted by atomic mass is 35.5. The van der Waals surface area contributed by atoms with Gasteiger partial charge in [-0.2, -0.15) is 20.1 Å². The van der Waals surface area contributed by atoms with E-state index in [9.17, 15) is 0 Å². The molecule has 2 aromatic heterocycles. The van der Waals surface area contributed by atoms with Crippen molar-refractivity contribution in [1.82, 2.24) is 24.7 Å². The smallest absolute Gasteiger partial charge is 0.257 e. The molecule has 3 rings (SSSR count). The van der Waals surface area contributed by atoms with Gasteiger partial charge in [-0.15, -0.1) is 0 Å². The largest absolute Gasteiger partial charge is 0.368 e. The van der Waals surface area contributed by atoms with Gasteiger partial charge in [0.1, 0.15) is 0 Å². The molecule has 8 heteroatoms. The lowest BCUT2D eigenvalue weighted by atomic mass is 10.3. The van der Waals surface area contributed by atoms with E-state index in [1.54, 1.807) is 30.6 Å². The quantitative estimate of drug-likeness (QED) is 0.765. The molecule has 0 aliphatic heterocycles. The molecular formula is C12H10ClN7. The van der Waals surface area contributed by atoms with Crippen LogP contribution in [-0.2, 0) is 0 Å². The Balaban J connectivity index is 1.94. The van der Waals surface area contributed by atoms with Crippen LogP contribution in [0.3, 0.4) is 0 Å². The number of halogens is 1. The second-order valence-corrected chi connectivity index (χ2v) is 4.34. The number of hydrogen-bond acceptors (Lipinski definition) is 6. The van der Waals surface area contributed by atoms with Crippen molar-refractivity contribution in [2.45, 2.75) is 0 Å². The molecule has 0 fully saturated rings. The number of anilines is 3. The Morgan fingerprint density at radius 2 is 2.05 bits per heavy atom. The van der Waals surface area contributed by atoms with Gasteiger partial charge in [0.15, 0.2) is 0 Å². The van der Waals surface area contributed by atoms with Crippen molar-refractivity contribution in [2.24, 2.45) is 0 Å². The van der Waals surface area contributed by atoms with E-state index in [1.165, 1.54) is 4.68 Å². The molecule has 0 spiro atoms. The lowest BCUT2D eigenvalue weighted by molar-refractivity contribution is 0.801. The molecule has 0 saturated carbocycles. The minimum absolute atomic E-state index is 0.107. The fraction of sp³-hybridized carbons (Fsp3) is 0. The number of rotatable bonds is 3. The maximum absolute atomic E-state index is 5.92. The van der Waals surface area contributed by atoms with Gasteiger partial charge in [-0.3, -0.25) is 0 Å². The molecule has 100 valence electrons. The fourth-order valence-corrected chi connectivity index (χ4v) is 1.81. The summed E-state index contributed by atoms with van der Waals surface area (Å²) < 4.78 is 1.50. The van der Waals surface area contributed by atoms with Crippen LogP contribution in [-0.4, -0.2) is 24.7 Å². The number of benzene rings is 1. The van der Waals surface area contributed by atoms with Crippen molar-refractivity contribution < 1.29 is 0 Å². The molecular weight excluding hydrogens is 278 g/mol. The second-order valence-electron chi connectivity index (χ2n) is 3.90. The summed E-state index contributed by atoms with van der Waals surface area (Å²) in [5, 5.41) is 7.68. The van der Waals surface area contributed by atoms with Crippen molar-refractivity contribution in [3.63, 3.8) is 0 Å². The van der Waals surface area contributed by atoms with Crippen LogP contribution in [0.5, 0.6) is 0 Å². The summed E-state index contributed by atoms with van der Waals surface area (Å²) >= 11 is 5.92. The third kappa shape index (κ3) is 2.67. The zero-order valence-corrected chi connectivity index (χ0v) is 11.0. The first-order valence-corrected chi connectivity index (χ1v) is 6.13. The van der Waals surface area contributed by atoms with Crippen LogP contribution in [0.4, 0.5) is 17.6 Å². The number of nitrogens with one attached hydrogen (secondary N) is 1. The van der Waals surface area contributed by atoms with Gasteiger partial charge in [0.2, 0.25) is 11.9 Å². The average Bonchev–Trinajstić information content (AvgIpc) is 2.91. The van der Waals surface area contributed by atoms with Crippen molar-refractivity contribution in [3.05, 3.63) is 47.7 Å². The van der Waals surface area contributed by atoms with Crippen molar-refractivity contribution in [2.75, 3.05) is 11.1 Å². The van der Waals surface area contributed by atoms with Crippen molar-refractivity contribution in [1.29, 1.82) is 0 Å². The second kappa shape index (κ2) is 5.14. The summed E-state index contributed by atoms with van der Waals surface area (Å²) in [4.78, 5) is 12.3. The summed E-state index contributed by atoms with van der Waals surface area (Å²) in [5.74, 6) is 0.771. The van der Waals surface area contributed by atoms with Crippen LogP contribution in [0.15, 0.2) is 42.7 Å². The van der Waals surface area contributed by atoms with E-state index in [0.717, 1.165) is 5.69 Å². The summed E-state index contributed by atoms with van der Waals surface area (Å²) in [5.41, 5.74) is 6.44. The Labute approximate surface area is 119 Å². The third-order valence-electron chi connectivity index (χ3n) is 2.43. The van der Waals surface area contributed by atoms with Crippen molar-refractivity contribution >= 4 is 29.2 Å². The summed E-state index contributed by atoms with van der Waals surface area (Å²) in [6, 6.07) is 8.98. The molecule has 0 atom stereocenters. The van der Waals surface area contributed by atoms with Gasteiger partial charge in [0, 0.05) is 23.1 Å². The van der Waals surface area contributed by atoms with Gasteiger partial charge >= 0.3 is 0 Å². The van der Waals surface area contributed by atoms with Crippen LogP contribution in [0.1, 0.15) is 0 Å². The molecule has 2 heterocycles. The van der Waals surface area contributed by atoms with Gasteiger partial charge in [-0.1, -0.05) is 17.7 Å². The standard InChI is InChI=1S/C12H10ClN7/c13-8-3-1-4-9(7-8)16-11-17-10(14)18-12(19-11)20-6-2-5-15-20/h1-7H,(H3,14,16,17,18,19). The molecule has 0 aliphatic carbocycles. The maximum atomic E-state index is 5.92. The minimum Gasteiger partial charge on any atom is -0.368 e. The number of nitrogen functional groups attached to an aromatic ring is 1. The topological polar surface area (TPSA) is 94.5 Å². The zero-order chi connectivity index (χ0) is 13.9. The first-order valence-electron chi connectivity index (χ1n) is 5.75. The van der Waals surface area contributed by atoms with Crippen LogP contribution in [0, 0.1) is 0 Å². The Kier molecular flexibility index (Phi) is 3.18. The predicted octanol–water partition coefficient (Wildman–Crippen LogP) is 2.04. The maximum Gasteiger partial charge on any atom is 0.257 e. The highest BCUT2D eigenvalue weighted by Gasteiger charge is 2.07. The van der Waals surface area contributed by atoms with Gasteiger partial charge in [-0.05, 0) is 24.3 Å². The van der Waals surface area contributed by atoms with E-state index in [0.29, 0.717) is 16.9 Å². The Bertz CT molecular complexity index is 726. The molecule has 0 bridgehead atoms. The molecule has 7 nitrogen and oxygen atoms in total. The molecule has 0 radical (unpaired) electrons. The molecule has 3 N–H and O–H groups in total. The Hall–Kier alpha value is -2.67. The fourth-order valence-electron chi connectivity index (χ4n) is 1.62. The lowest BCUT2D eigenvalue weighted by Crippen LogP contribution is -2.09. The summed E-state index contributed by atoms with van der Waals surface area (Å²) in [6.07, 6.45) is 3.35. The third-order valence-corrected chi connectivity index (χ3v) is 2.67. The monoisotopic (exact) mass is 287 g/mol.